The summed E-state index contributed by atoms with van der Waals surface area (Å²) in [6.45, 7) is 2.33. The highest BCUT2D eigenvalue weighted by molar-refractivity contribution is 6.30. The molecule has 4 nitrogen and oxygen atoms in total. The Labute approximate surface area is 158 Å². The minimum Gasteiger partial charge on any atom is -0.383 e. The molecule has 0 fully saturated rings. The van der Waals surface area contributed by atoms with Crippen LogP contribution in [0.1, 0.15) is 10.4 Å². The molecule has 2 aromatic carbocycles. The van der Waals surface area contributed by atoms with E-state index in [0.717, 1.165) is 5.56 Å². The van der Waals surface area contributed by atoms with E-state index < -0.39 is 11.7 Å². The van der Waals surface area contributed by atoms with E-state index in [1.165, 1.54) is 12.1 Å². The van der Waals surface area contributed by atoms with Crippen LogP contribution in [-0.4, -0.2) is 39.3 Å². The summed E-state index contributed by atoms with van der Waals surface area (Å²) in [6.07, 6.45) is 0. The number of hydrogen-bond acceptors (Lipinski definition) is 3. The van der Waals surface area contributed by atoms with Crippen molar-refractivity contribution in [3.63, 3.8) is 0 Å². The number of halogens is 3. The third kappa shape index (κ3) is 6.63. The van der Waals surface area contributed by atoms with Gasteiger partial charge in [-0.3, -0.25) is 4.79 Å². The van der Waals surface area contributed by atoms with Crippen LogP contribution in [0.2, 0.25) is 5.02 Å². The fraction of sp³-hybridized carbons (Fsp3) is 0.278. The molecule has 2 rings (SSSR count). The maximum Gasteiger partial charge on any atom is 0.254 e. The first kappa shape index (κ1) is 21.4. The van der Waals surface area contributed by atoms with E-state index in [1.54, 1.807) is 25.3 Å². The second-order valence-electron chi connectivity index (χ2n) is 5.20. The molecule has 0 radical (unpaired) electrons. The highest BCUT2D eigenvalue weighted by atomic mass is 35.5. The molecular weight excluding hydrogens is 366 g/mol. The van der Waals surface area contributed by atoms with Crippen LogP contribution in [0.4, 0.5) is 4.39 Å². The molecule has 2 N–H and O–H groups in total. The first-order valence-corrected chi connectivity index (χ1v) is 8.03. The van der Waals surface area contributed by atoms with Crippen LogP contribution < -0.4 is 10.6 Å². The van der Waals surface area contributed by atoms with Crippen molar-refractivity contribution in [1.82, 2.24) is 10.6 Å². The first-order valence-electron chi connectivity index (χ1n) is 7.65. The van der Waals surface area contributed by atoms with Crippen molar-refractivity contribution in [3.05, 3.63) is 58.9 Å². The molecular formula is C18H21Cl2FN2O2. The molecule has 7 heteroatoms. The molecule has 0 saturated heterocycles. The van der Waals surface area contributed by atoms with Gasteiger partial charge < -0.3 is 15.4 Å². The first-order chi connectivity index (χ1) is 11.6. The van der Waals surface area contributed by atoms with Gasteiger partial charge in [0.05, 0.1) is 12.2 Å². The van der Waals surface area contributed by atoms with E-state index in [-0.39, 0.29) is 18.0 Å². The number of carbonyl (C=O) groups excluding carboxylic acids is 1. The number of carbonyl (C=O) groups is 1. The Balaban J connectivity index is 0.00000312. The van der Waals surface area contributed by atoms with Gasteiger partial charge in [0.1, 0.15) is 5.82 Å². The lowest BCUT2D eigenvalue weighted by molar-refractivity contribution is 0.0949. The Morgan fingerprint density at radius 3 is 2.40 bits per heavy atom. The zero-order valence-corrected chi connectivity index (χ0v) is 15.4. The lowest BCUT2D eigenvalue weighted by Crippen LogP contribution is -2.33. The van der Waals surface area contributed by atoms with E-state index in [0.29, 0.717) is 36.8 Å². The Morgan fingerprint density at radius 1 is 1.08 bits per heavy atom. The molecule has 0 heterocycles. The molecule has 0 saturated carbocycles. The number of amides is 1. The van der Waals surface area contributed by atoms with Gasteiger partial charge >= 0.3 is 0 Å². The van der Waals surface area contributed by atoms with Gasteiger partial charge in [0.25, 0.3) is 5.91 Å². The van der Waals surface area contributed by atoms with E-state index in [2.05, 4.69) is 10.6 Å². The molecule has 0 spiro atoms. The van der Waals surface area contributed by atoms with E-state index >= 15 is 0 Å². The summed E-state index contributed by atoms with van der Waals surface area (Å²) in [5, 5.41) is 6.40. The van der Waals surface area contributed by atoms with Gasteiger partial charge in [0.2, 0.25) is 0 Å². The number of nitrogens with one attached hydrogen (secondary N) is 2. The molecule has 0 aliphatic rings. The van der Waals surface area contributed by atoms with Crippen LogP contribution in [0.25, 0.3) is 11.1 Å². The Kier molecular flexibility index (Phi) is 9.45. The molecule has 0 atom stereocenters. The Hall–Kier alpha value is -1.66. The standard InChI is InChI=1S/C18H20ClFN2O2.ClH/c1-24-11-10-21-8-9-22-18(23)16-7-4-14(12-17(16)20)13-2-5-15(19)6-3-13;/h2-7,12,21H,8-11H2,1H3,(H,22,23);1H. The fourth-order valence-electron chi connectivity index (χ4n) is 2.18. The molecule has 2 aromatic rings. The summed E-state index contributed by atoms with van der Waals surface area (Å²) in [5.41, 5.74) is 1.57. The van der Waals surface area contributed by atoms with Crippen molar-refractivity contribution in [2.24, 2.45) is 0 Å². The van der Waals surface area contributed by atoms with Crippen LogP contribution in [0, 0.1) is 5.82 Å². The number of rotatable bonds is 8. The zero-order valence-electron chi connectivity index (χ0n) is 13.9. The summed E-state index contributed by atoms with van der Waals surface area (Å²) in [4.78, 5) is 12.0. The molecule has 0 bridgehead atoms. The molecule has 1 amide bonds. The molecule has 0 aromatic heterocycles. The third-order valence-corrected chi connectivity index (χ3v) is 3.71. The molecule has 0 aliphatic heterocycles. The van der Waals surface area contributed by atoms with Gasteiger partial charge in [0.15, 0.2) is 0 Å². The minimum atomic E-state index is -0.549. The average molecular weight is 387 g/mol. The number of hydrogen-bond donors (Lipinski definition) is 2. The zero-order chi connectivity index (χ0) is 17.4. The largest absolute Gasteiger partial charge is 0.383 e. The second kappa shape index (κ2) is 11.1. The van der Waals surface area contributed by atoms with Gasteiger partial charge in [-0.25, -0.2) is 4.39 Å². The molecule has 136 valence electrons. The molecule has 0 unspecified atom stereocenters. The molecule has 0 aliphatic carbocycles. The van der Waals surface area contributed by atoms with E-state index in [9.17, 15) is 9.18 Å². The highest BCUT2D eigenvalue weighted by Crippen LogP contribution is 2.23. The second-order valence-corrected chi connectivity index (χ2v) is 5.64. The highest BCUT2D eigenvalue weighted by Gasteiger charge is 2.12. The van der Waals surface area contributed by atoms with E-state index in [1.807, 2.05) is 12.1 Å². The van der Waals surface area contributed by atoms with Crippen LogP contribution in [0.3, 0.4) is 0 Å². The maximum absolute atomic E-state index is 14.2. The Bertz CT molecular complexity index is 681. The third-order valence-electron chi connectivity index (χ3n) is 3.46. The van der Waals surface area contributed by atoms with Crippen molar-refractivity contribution >= 4 is 29.9 Å². The number of ether oxygens (including phenoxy) is 1. The summed E-state index contributed by atoms with van der Waals surface area (Å²) < 4.78 is 19.1. The number of methoxy groups -OCH3 is 1. The average Bonchev–Trinajstić information content (AvgIpc) is 2.58. The quantitative estimate of drug-likeness (QED) is 0.682. The predicted molar refractivity (Wildman–Crippen MR) is 101 cm³/mol. The maximum atomic E-state index is 14.2. The van der Waals surface area contributed by atoms with Crippen molar-refractivity contribution in [3.8, 4) is 11.1 Å². The van der Waals surface area contributed by atoms with Crippen molar-refractivity contribution in [2.75, 3.05) is 33.4 Å². The van der Waals surface area contributed by atoms with Crippen LogP contribution in [-0.2, 0) is 4.74 Å². The monoisotopic (exact) mass is 386 g/mol. The SMILES string of the molecule is COCCNCCNC(=O)c1ccc(-c2ccc(Cl)cc2)cc1F.Cl. The van der Waals surface area contributed by atoms with Gasteiger partial charge in [-0.05, 0) is 35.4 Å². The lowest BCUT2D eigenvalue weighted by atomic mass is 10.0. The summed E-state index contributed by atoms with van der Waals surface area (Å²) in [6, 6.07) is 11.7. The fourth-order valence-corrected chi connectivity index (χ4v) is 2.31. The summed E-state index contributed by atoms with van der Waals surface area (Å²) in [5.74, 6) is -0.976. The van der Waals surface area contributed by atoms with Crippen molar-refractivity contribution < 1.29 is 13.9 Å². The summed E-state index contributed by atoms with van der Waals surface area (Å²) in [7, 11) is 1.62. The van der Waals surface area contributed by atoms with Gasteiger partial charge in [-0.15, -0.1) is 12.4 Å². The van der Waals surface area contributed by atoms with Crippen LogP contribution in [0.5, 0.6) is 0 Å². The van der Waals surface area contributed by atoms with Crippen LogP contribution in [0.15, 0.2) is 42.5 Å². The minimum absolute atomic E-state index is 0. The number of benzene rings is 2. The van der Waals surface area contributed by atoms with Gasteiger partial charge in [-0.1, -0.05) is 29.8 Å². The van der Waals surface area contributed by atoms with Crippen LogP contribution >= 0.6 is 24.0 Å². The van der Waals surface area contributed by atoms with Crippen molar-refractivity contribution in [2.45, 2.75) is 0 Å². The Morgan fingerprint density at radius 2 is 1.76 bits per heavy atom. The summed E-state index contributed by atoms with van der Waals surface area (Å²) >= 11 is 5.85. The lowest BCUT2D eigenvalue weighted by Gasteiger charge is -2.09. The normalized spacial score (nSPS) is 10.2. The van der Waals surface area contributed by atoms with E-state index in [4.69, 9.17) is 16.3 Å². The smallest absolute Gasteiger partial charge is 0.254 e. The van der Waals surface area contributed by atoms with Crippen molar-refractivity contribution in [1.29, 1.82) is 0 Å². The topological polar surface area (TPSA) is 50.4 Å². The van der Waals surface area contributed by atoms with Gasteiger partial charge in [0, 0.05) is 31.8 Å². The van der Waals surface area contributed by atoms with Gasteiger partial charge in [-0.2, -0.15) is 0 Å². The predicted octanol–water partition coefficient (Wildman–Crippen LogP) is 3.53. The molecule has 25 heavy (non-hydrogen) atoms.